The molecule has 0 bridgehead atoms. The van der Waals surface area contributed by atoms with Crippen LogP contribution in [0.15, 0.2) is 53.4 Å². The van der Waals surface area contributed by atoms with Crippen LogP contribution in [0, 0.1) is 6.92 Å². The van der Waals surface area contributed by atoms with Gasteiger partial charge in [0.2, 0.25) is 11.4 Å². The van der Waals surface area contributed by atoms with Crippen molar-refractivity contribution in [3.05, 3.63) is 75.7 Å². The van der Waals surface area contributed by atoms with E-state index in [0.29, 0.717) is 13.0 Å². The van der Waals surface area contributed by atoms with Crippen molar-refractivity contribution in [2.75, 3.05) is 11.9 Å². The first-order valence-electron chi connectivity index (χ1n) is 16.3. The molecule has 0 aliphatic carbocycles. The third kappa shape index (κ3) is 12.3. The molecule has 0 atom stereocenters. The number of nitrogens with one attached hydrogen (secondary N) is 1. The Hall–Kier alpha value is -2.66. The SMILES string of the molecule is CCCCCCCCCCCCCCOc1cc(C(C)(C)C)ccc1CC(=O)Nc1ccc(C[n+]2cscc2C)cc1. The Morgan fingerprint density at radius 1 is 0.857 bits per heavy atom. The number of unbranched alkanes of at least 4 members (excludes halogenated alkanes) is 11. The van der Waals surface area contributed by atoms with Crippen LogP contribution in [0.25, 0.3) is 0 Å². The fourth-order valence-corrected chi connectivity index (χ4v) is 5.99. The van der Waals surface area contributed by atoms with E-state index in [1.54, 1.807) is 11.3 Å². The number of benzene rings is 2. The second-order valence-corrected chi connectivity index (χ2v) is 13.6. The van der Waals surface area contributed by atoms with Crippen LogP contribution in [0.5, 0.6) is 5.75 Å². The molecule has 0 unspecified atom stereocenters. The van der Waals surface area contributed by atoms with Gasteiger partial charge in [0.25, 0.3) is 0 Å². The molecule has 4 nitrogen and oxygen atoms in total. The lowest BCUT2D eigenvalue weighted by atomic mass is 9.86. The average molecular weight is 592 g/mol. The Bertz CT molecular complexity index is 1190. The molecule has 3 rings (SSSR count). The summed E-state index contributed by atoms with van der Waals surface area (Å²) >= 11 is 1.71. The highest BCUT2D eigenvalue weighted by atomic mass is 32.1. The standard InChI is InChI=1S/C37H54N2O2S/c1-6-7-8-9-10-11-12-13-14-15-16-17-24-41-35-26-33(37(3,4)5)21-20-32(35)25-36(40)38-34-22-18-31(19-23-34)27-39-29-42-28-30(39)2/h18-23,26,28-29H,6-17,24-25,27H2,1-5H3/p+1. The van der Waals surface area contributed by atoms with Crippen molar-refractivity contribution in [2.45, 2.75) is 130 Å². The van der Waals surface area contributed by atoms with Gasteiger partial charge in [0.15, 0.2) is 12.2 Å². The highest BCUT2D eigenvalue weighted by molar-refractivity contribution is 7.07. The largest absolute Gasteiger partial charge is 0.493 e. The molecular weight excluding hydrogens is 536 g/mol. The van der Waals surface area contributed by atoms with E-state index in [1.165, 1.54) is 87.4 Å². The molecule has 0 aliphatic rings. The highest BCUT2D eigenvalue weighted by Gasteiger charge is 2.18. The molecule has 1 heterocycles. The van der Waals surface area contributed by atoms with Crippen LogP contribution in [0.3, 0.4) is 0 Å². The summed E-state index contributed by atoms with van der Waals surface area (Å²) < 4.78 is 8.54. The molecule has 0 saturated carbocycles. The van der Waals surface area contributed by atoms with E-state index < -0.39 is 0 Å². The van der Waals surface area contributed by atoms with Gasteiger partial charge in [-0.3, -0.25) is 4.79 Å². The summed E-state index contributed by atoms with van der Waals surface area (Å²) in [4.78, 5) is 13.0. The summed E-state index contributed by atoms with van der Waals surface area (Å²) in [6, 6.07) is 14.5. The summed E-state index contributed by atoms with van der Waals surface area (Å²) in [5.74, 6) is 0.823. The molecule has 0 spiro atoms. The molecular formula is C37H55N2O2S+. The molecule has 1 aromatic heterocycles. The van der Waals surface area contributed by atoms with Gasteiger partial charge >= 0.3 is 0 Å². The summed E-state index contributed by atoms with van der Waals surface area (Å²) in [7, 11) is 0. The lowest BCUT2D eigenvalue weighted by molar-refractivity contribution is -0.689. The van der Waals surface area contributed by atoms with Crippen LogP contribution in [-0.2, 0) is 23.2 Å². The quantitative estimate of drug-likeness (QED) is 0.111. The van der Waals surface area contributed by atoms with Crippen LogP contribution < -0.4 is 14.6 Å². The Morgan fingerprint density at radius 2 is 1.48 bits per heavy atom. The molecule has 230 valence electrons. The zero-order valence-corrected chi connectivity index (χ0v) is 27.8. The van der Waals surface area contributed by atoms with Gasteiger partial charge in [-0.2, -0.15) is 4.57 Å². The zero-order chi connectivity index (χ0) is 30.2. The molecule has 2 aromatic carbocycles. The second-order valence-electron chi connectivity index (χ2n) is 12.9. The third-order valence-corrected chi connectivity index (χ3v) is 8.86. The van der Waals surface area contributed by atoms with Crippen molar-refractivity contribution in [2.24, 2.45) is 0 Å². The number of hydrogen-bond acceptors (Lipinski definition) is 3. The van der Waals surface area contributed by atoms with Crippen molar-refractivity contribution < 1.29 is 14.1 Å². The highest BCUT2D eigenvalue weighted by Crippen LogP contribution is 2.29. The minimum Gasteiger partial charge on any atom is -0.493 e. The molecule has 0 aliphatic heterocycles. The van der Waals surface area contributed by atoms with E-state index in [4.69, 9.17) is 4.74 Å². The fraction of sp³-hybridized carbons (Fsp3) is 0.568. The third-order valence-electron chi connectivity index (χ3n) is 8.01. The van der Waals surface area contributed by atoms with E-state index in [2.05, 4.69) is 85.7 Å². The van der Waals surface area contributed by atoms with Gasteiger partial charge in [-0.15, -0.1) is 0 Å². The second kappa shape index (κ2) is 18.1. The van der Waals surface area contributed by atoms with Crippen LogP contribution in [0.4, 0.5) is 5.69 Å². The van der Waals surface area contributed by atoms with Crippen molar-refractivity contribution in [3.63, 3.8) is 0 Å². The summed E-state index contributed by atoms with van der Waals surface area (Å²) in [5, 5.41) is 5.23. The van der Waals surface area contributed by atoms with E-state index >= 15 is 0 Å². The predicted molar refractivity (Wildman–Crippen MR) is 179 cm³/mol. The van der Waals surface area contributed by atoms with Crippen molar-refractivity contribution in [1.29, 1.82) is 0 Å². The summed E-state index contributed by atoms with van der Waals surface area (Å²) in [5.41, 5.74) is 7.62. The van der Waals surface area contributed by atoms with Crippen LogP contribution in [-0.4, -0.2) is 12.5 Å². The van der Waals surface area contributed by atoms with Gasteiger partial charge in [0, 0.05) is 23.7 Å². The molecule has 1 amide bonds. The smallest absolute Gasteiger partial charge is 0.228 e. The van der Waals surface area contributed by atoms with Gasteiger partial charge in [-0.25, -0.2) is 0 Å². The van der Waals surface area contributed by atoms with Crippen molar-refractivity contribution in [3.8, 4) is 5.75 Å². The van der Waals surface area contributed by atoms with Crippen molar-refractivity contribution in [1.82, 2.24) is 0 Å². The maximum absolute atomic E-state index is 13.0. The van der Waals surface area contributed by atoms with E-state index in [0.717, 1.165) is 30.0 Å². The minimum absolute atomic E-state index is 0.0236. The van der Waals surface area contributed by atoms with Crippen LogP contribution in [0.1, 0.15) is 127 Å². The molecule has 5 heteroatoms. The molecule has 0 fully saturated rings. The molecule has 3 aromatic rings. The minimum atomic E-state index is -0.0236. The molecule has 1 N–H and O–H groups in total. The first kappa shape index (κ1) is 33.8. The fourth-order valence-electron chi connectivity index (χ4n) is 5.21. The number of aryl methyl sites for hydroxylation is 1. The zero-order valence-electron chi connectivity index (χ0n) is 27.0. The normalized spacial score (nSPS) is 11.5. The maximum Gasteiger partial charge on any atom is 0.228 e. The number of carbonyl (C=O) groups is 1. The Balaban J connectivity index is 1.44. The number of amides is 1. The number of thiazole rings is 1. The van der Waals surface area contributed by atoms with Gasteiger partial charge in [0.05, 0.1) is 18.4 Å². The number of nitrogens with zero attached hydrogens (tertiary/aromatic N) is 1. The topological polar surface area (TPSA) is 42.2 Å². The Labute approximate surface area is 259 Å². The van der Waals surface area contributed by atoms with E-state index in [-0.39, 0.29) is 11.3 Å². The number of anilines is 1. The van der Waals surface area contributed by atoms with Crippen LogP contribution in [0.2, 0.25) is 0 Å². The molecule has 42 heavy (non-hydrogen) atoms. The van der Waals surface area contributed by atoms with Crippen LogP contribution >= 0.6 is 11.3 Å². The number of carbonyl (C=O) groups excluding carboxylic acids is 1. The predicted octanol–water partition coefficient (Wildman–Crippen LogP) is 9.95. The van der Waals surface area contributed by atoms with Gasteiger partial charge in [-0.1, -0.05) is 134 Å². The van der Waals surface area contributed by atoms with Gasteiger partial charge in [-0.05, 0) is 35.6 Å². The lowest BCUT2D eigenvalue weighted by Crippen LogP contribution is -2.34. The Morgan fingerprint density at radius 3 is 2.05 bits per heavy atom. The van der Waals surface area contributed by atoms with Gasteiger partial charge < -0.3 is 10.1 Å². The maximum atomic E-state index is 13.0. The number of ether oxygens (including phenoxy) is 1. The molecule has 0 radical (unpaired) electrons. The number of hydrogen-bond donors (Lipinski definition) is 1. The number of aromatic nitrogens is 1. The number of rotatable bonds is 19. The average Bonchev–Trinajstić information content (AvgIpc) is 3.36. The lowest BCUT2D eigenvalue weighted by Gasteiger charge is -2.21. The Kier molecular flexibility index (Phi) is 14.6. The van der Waals surface area contributed by atoms with E-state index in [1.807, 2.05) is 12.1 Å². The summed E-state index contributed by atoms with van der Waals surface area (Å²) in [6.07, 6.45) is 16.2. The first-order valence-corrected chi connectivity index (χ1v) is 17.3. The van der Waals surface area contributed by atoms with E-state index in [9.17, 15) is 4.79 Å². The molecule has 0 saturated heterocycles. The van der Waals surface area contributed by atoms with Crippen molar-refractivity contribution >= 4 is 22.9 Å². The monoisotopic (exact) mass is 591 g/mol. The first-order chi connectivity index (χ1) is 20.3. The van der Waals surface area contributed by atoms with Gasteiger partial charge in [0.1, 0.15) is 5.75 Å². The summed E-state index contributed by atoms with van der Waals surface area (Å²) in [6.45, 7) is 12.6.